The molecule has 0 saturated heterocycles. The maximum absolute atomic E-state index is 8.40. The van der Waals surface area contributed by atoms with Crippen molar-refractivity contribution in [2.24, 2.45) is 10.9 Å². The largest absolute Gasteiger partial charge is 0.461 e. The zero-order chi connectivity index (χ0) is 8.97. The second-order valence-electron chi connectivity index (χ2n) is 2.51. The molecule has 0 saturated carbocycles. The number of hydrogen-bond donors (Lipinski definition) is 2. The van der Waals surface area contributed by atoms with E-state index < -0.39 is 0 Å². The van der Waals surface area contributed by atoms with Gasteiger partial charge in [0, 0.05) is 5.56 Å². The minimum absolute atomic E-state index is 0.0310. The Kier molecular flexibility index (Phi) is 2.74. The van der Waals surface area contributed by atoms with Crippen LogP contribution >= 0.6 is 0 Å². The number of rotatable bonds is 3. The van der Waals surface area contributed by atoms with E-state index in [2.05, 4.69) is 12.1 Å². The summed E-state index contributed by atoms with van der Waals surface area (Å²) >= 11 is 0. The molecular weight excluding hydrogens is 156 g/mol. The van der Waals surface area contributed by atoms with Gasteiger partial charge < -0.3 is 15.4 Å². The second-order valence-corrected chi connectivity index (χ2v) is 2.51. The third kappa shape index (κ3) is 1.58. The van der Waals surface area contributed by atoms with Gasteiger partial charge in [0.25, 0.3) is 0 Å². The van der Waals surface area contributed by atoms with Gasteiger partial charge in [-0.2, -0.15) is 0 Å². The summed E-state index contributed by atoms with van der Waals surface area (Å²) in [5, 5.41) is 11.3. The summed E-state index contributed by atoms with van der Waals surface area (Å²) in [5.41, 5.74) is 6.36. The molecule has 1 heterocycles. The Morgan fingerprint density at radius 1 is 1.75 bits per heavy atom. The van der Waals surface area contributed by atoms with Gasteiger partial charge in [0.05, 0.1) is 6.26 Å². The minimum atomic E-state index is 0.0310. The number of nitrogens with zero attached hydrogens (tertiary/aromatic N) is 1. The van der Waals surface area contributed by atoms with Crippen LogP contribution in [0.25, 0.3) is 0 Å². The van der Waals surface area contributed by atoms with Crippen molar-refractivity contribution in [1.29, 1.82) is 0 Å². The Morgan fingerprint density at radius 2 is 2.50 bits per heavy atom. The zero-order valence-corrected chi connectivity index (χ0v) is 6.95. The highest BCUT2D eigenvalue weighted by atomic mass is 16.4. The minimum Gasteiger partial charge on any atom is -0.461 e. The molecule has 0 aliphatic rings. The van der Waals surface area contributed by atoms with E-state index in [1.165, 1.54) is 0 Å². The van der Waals surface area contributed by atoms with E-state index in [-0.39, 0.29) is 5.84 Å². The highest BCUT2D eigenvalue weighted by Crippen LogP contribution is 2.11. The molecule has 0 fully saturated rings. The Bertz CT molecular complexity index is 278. The van der Waals surface area contributed by atoms with E-state index in [0.717, 1.165) is 18.4 Å². The highest BCUT2D eigenvalue weighted by molar-refractivity contribution is 5.95. The first-order chi connectivity index (χ1) is 5.79. The molecule has 0 radical (unpaired) electrons. The molecule has 12 heavy (non-hydrogen) atoms. The van der Waals surface area contributed by atoms with Crippen molar-refractivity contribution in [2.75, 3.05) is 0 Å². The van der Waals surface area contributed by atoms with Gasteiger partial charge in [-0.3, -0.25) is 0 Å². The van der Waals surface area contributed by atoms with Gasteiger partial charge in [-0.05, 0) is 12.5 Å². The van der Waals surface area contributed by atoms with Gasteiger partial charge in [0.15, 0.2) is 5.76 Å². The fraction of sp³-hybridized carbons (Fsp3) is 0.375. The van der Waals surface area contributed by atoms with Crippen LogP contribution in [0.2, 0.25) is 0 Å². The molecule has 1 aromatic rings. The van der Waals surface area contributed by atoms with Crippen LogP contribution in [0.4, 0.5) is 0 Å². The van der Waals surface area contributed by atoms with Crippen LogP contribution in [0, 0.1) is 0 Å². The number of furan rings is 1. The van der Waals surface area contributed by atoms with Gasteiger partial charge >= 0.3 is 0 Å². The second kappa shape index (κ2) is 3.80. The first-order valence-electron chi connectivity index (χ1n) is 3.83. The van der Waals surface area contributed by atoms with Crippen molar-refractivity contribution in [2.45, 2.75) is 19.8 Å². The monoisotopic (exact) mass is 168 g/mol. The molecule has 0 bridgehead atoms. The molecule has 1 rings (SSSR count). The number of oxime groups is 1. The van der Waals surface area contributed by atoms with Crippen LogP contribution in [0.1, 0.15) is 24.7 Å². The number of nitrogens with two attached hydrogens (primary N) is 1. The van der Waals surface area contributed by atoms with Crippen LogP contribution in [0.15, 0.2) is 21.9 Å². The first kappa shape index (κ1) is 8.64. The van der Waals surface area contributed by atoms with Crippen LogP contribution in [-0.4, -0.2) is 11.0 Å². The predicted octanol–water partition coefficient (Wildman–Crippen LogP) is 1.33. The van der Waals surface area contributed by atoms with Crippen LogP contribution in [0.3, 0.4) is 0 Å². The van der Waals surface area contributed by atoms with E-state index in [4.69, 9.17) is 15.4 Å². The molecule has 0 aliphatic heterocycles. The Morgan fingerprint density at radius 3 is 3.08 bits per heavy atom. The summed E-state index contributed by atoms with van der Waals surface area (Å²) < 4.78 is 5.05. The van der Waals surface area contributed by atoms with Crippen LogP contribution < -0.4 is 5.73 Å². The molecule has 4 nitrogen and oxygen atoms in total. The fourth-order valence-corrected chi connectivity index (χ4v) is 1.07. The molecule has 0 unspecified atom stereocenters. The van der Waals surface area contributed by atoms with E-state index in [0.29, 0.717) is 5.76 Å². The summed E-state index contributed by atoms with van der Waals surface area (Å²) in [6, 6.07) is 1.83. The van der Waals surface area contributed by atoms with Crippen molar-refractivity contribution in [3.63, 3.8) is 0 Å². The quantitative estimate of drug-likeness (QED) is 0.309. The summed E-state index contributed by atoms with van der Waals surface area (Å²) in [6.07, 6.45) is 3.42. The highest BCUT2D eigenvalue weighted by Gasteiger charge is 2.09. The molecule has 0 aliphatic carbocycles. The van der Waals surface area contributed by atoms with Crippen molar-refractivity contribution in [3.05, 3.63) is 23.7 Å². The smallest absolute Gasteiger partial charge is 0.206 e. The van der Waals surface area contributed by atoms with E-state index >= 15 is 0 Å². The molecule has 4 heteroatoms. The molecular formula is C8H12N2O2. The number of aryl methyl sites for hydroxylation is 1. The maximum Gasteiger partial charge on any atom is 0.206 e. The average molecular weight is 168 g/mol. The molecule has 0 atom stereocenters. The van der Waals surface area contributed by atoms with Crippen LogP contribution in [-0.2, 0) is 6.42 Å². The normalized spacial score (nSPS) is 11.9. The Balaban J connectivity index is 2.91. The van der Waals surface area contributed by atoms with E-state index in [1.807, 2.05) is 6.07 Å². The van der Waals surface area contributed by atoms with Gasteiger partial charge in [-0.25, -0.2) is 0 Å². The summed E-state index contributed by atoms with van der Waals surface area (Å²) in [7, 11) is 0. The molecule has 0 amide bonds. The Labute approximate surface area is 70.7 Å². The van der Waals surface area contributed by atoms with Crippen molar-refractivity contribution in [3.8, 4) is 0 Å². The lowest BCUT2D eigenvalue weighted by molar-refractivity contribution is 0.317. The third-order valence-electron chi connectivity index (χ3n) is 1.61. The summed E-state index contributed by atoms with van der Waals surface area (Å²) in [6.45, 7) is 2.06. The van der Waals surface area contributed by atoms with E-state index in [9.17, 15) is 0 Å². The maximum atomic E-state index is 8.40. The van der Waals surface area contributed by atoms with Crippen molar-refractivity contribution < 1.29 is 9.62 Å². The van der Waals surface area contributed by atoms with Crippen molar-refractivity contribution in [1.82, 2.24) is 0 Å². The molecule has 1 aromatic heterocycles. The standard InChI is InChI=1S/C8H12N2O2/c1-2-3-6-4-5-12-7(6)8(9)10-11/h4-5,11H,2-3H2,1H3,(H2,9,10). The van der Waals surface area contributed by atoms with Gasteiger partial charge in [0.2, 0.25) is 5.84 Å². The lowest BCUT2D eigenvalue weighted by atomic mass is 10.1. The first-order valence-corrected chi connectivity index (χ1v) is 3.83. The van der Waals surface area contributed by atoms with Gasteiger partial charge in [-0.1, -0.05) is 18.5 Å². The average Bonchev–Trinajstić information content (AvgIpc) is 2.52. The summed E-state index contributed by atoms with van der Waals surface area (Å²) in [4.78, 5) is 0. The predicted molar refractivity (Wildman–Crippen MR) is 45.2 cm³/mol. The lowest BCUT2D eigenvalue weighted by Crippen LogP contribution is -2.13. The lowest BCUT2D eigenvalue weighted by Gasteiger charge is -1.97. The molecule has 66 valence electrons. The molecule has 0 aromatic carbocycles. The molecule has 0 spiro atoms. The van der Waals surface area contributed by atoms with Gasteiger partial charge in [0.1, 0.15) is 0 Å². The summed E-state index contributed by atoms with van der Waals surface area (Å²) in [5.74, 6) is 0.503. The number of amidine groups is 1. The Hall–Kier alpha value is -1.45. The van der Waals surface area contributed by atoms with Crippen LogP contribution in [0.5, 0.6) is 0 Å². The zero-order valence-electron chi connectivity index (χ0n) is 6.95. The number of hydrogen-bond acceptors (Lipinski definition) is 3. The molecule has 3 N–H and O–H groups in total. The van der Waals surface area contributed by atoms with Crippen molar-refractivity contribution >= 4 is 5.84 Å². The van der Waals surface area contributed by atoms with E-state index in [1.54, 1.807) is 6.26 Å². The SMILES string of the molecule is CCCc1ccoc1/C(N)=N/O. The fourth-order valence-electron chi connectivity index (χ4n) is 1.07. The van der Waals surface area contributed by atoms with Gasteiger partial charge in [-0.15, -0.1) is 0 Å². The third-order valence-corrected chi connectivity index (χ3v) is 1.61. The topological polar surface area (TPSA) is 71.8 Å².